The van der Waals surface area contributed by atoms with Gasteiger partial charge >= 0.3 is 7.60 Å². The summed E-state index contributed by atoms with van der Waals surface area (Å²) in [6, 6.07) is 9.68. The molecule has 0 aliphatic heterocycles. The topological polar surface area (TPSA) is 55.8 Å². The Morgan fingerprint density at radius 1 is 1.14 bits per heavy atom. The van der Waals surface area contributed by atoms with Gasteiger partial charge in [-0.25, -0.2) is 0 Å². The molecule has 0 saturated carbocycles. The lowest BCUT2D eigenvalue weighted by Crippen LogP contribution is -2.31. The molecular formula is C17H27O4P. The minimum absolute atomic E-state index is 0.0559. The molecule has 0 aliphatic carbocycles. The predicted octanol–water partition coefficient (Wildman–Crippen LogP) is 4.35. The molecule has 0 fully saturated rings. The third-order valence-electron chi connectivity index (χ3n) is 3.30. The molecule has 0 saturated heterocycles. The van der Waals surface area contributed by atoms with Crippen LogP contribution in [0.5, 0.6) is 0 Å². The van der Waals surface area contributed by atoms with Gasteiger partial charge in [-0.3, -0.25) is 4.57 Å². The molecule has 0 aliphatic rings. The highest BCUT2D eigenvalue weighted by Gasteiger charge is 2.39. The van der Waals surface area contributed by atoms with E-state index in [1.54, 1.807) is 19.9 Å². The van der Waals surface area contributed by atoms with Crippen LogP contribution >= 0.6 is 7.60 Å². The van der Waals surface area contributed by atoms with Gasteiger partial charge in [0.1, 0.15) is 5.66 Å². The molecular weight excluding hydrogens is 299 g/mol. The molecule has 1 N–H and O–H groups in total. The lowest BCUT2D eigenvalue weighted by Gasteiger charge is -2.29. The summed E-state index contributed by atoms with van der Waals surface area (Å²) >= 11 is 0. The molecule has 1 aromatic carbocycles. The molecule has 0 unspecified atom stereocenters. The highest BCUT2D eigenvalue weighted by Crippen LogP contribution is 2.55. The van der Waals surface area contributed by atoms with Gasteiger partial charge in [-0.05, 0) is 25.3 Å². The zero-order valence-electron chi connectivity index (χ0n) is 13.8. The van der Waals surface area contributed by atoms with Crippen LogP contribution in [0.4, 0.5) is 0 Å². The zero-order chi connectivity index (χ0) is 16.6. The van der Waals surface area contributed by atoms with Gasteiger partial charge in [0.25, 0.3) is 0 Å². The third-order valence-corrected chi connectivity index (χ3v) is 5.75. The summed E-state index contributed by atoms with van der Waals surface area (Å²) in [5.74, 6) is -0.0559. The first-order valence-electron chi connectivity index (χ1n) is 7.74. The fraction of sp³-hybridized carbons (Fsp3) is 0.529. The fourth-order valence-corrected chi connectivity index (χ4v) is 4.30. The van der Waals surface area contributed by atoms with Crippen LogP contribution in [0.1, 0.15) is 33.3 Å². The average Bonchev–Trinajstić information content (AvgIpc) is 2.48. The summed E-state index contributed by atoms with van der Waals surface area (Å²) in [4.78, 5) is 0. The maximum absolute atomic E-state index is 13.0. The molecule has 2 atom stereocenters. The molecule has 124 valence electrons. The highest BCUT2D eigenvalue weighted by molar-refractivity contribution is 7.55. The summed E-state index contributed by atoms with van der Waals surface area (Å²) in [5, 5.41) is 10.5. The lowest BCUT2D eigenvalue weighted by molar-refractivity contribution is 0.113. The monoisotopic (exact) mass is 326 g/mol. The Morgan fingerprint density at radius 2 is 1.68 bits per heavy atom. The van der Waals surface area contributed by atoms with Gasteiger partial charge in [0.05, 0.1) is 19.3 Å². The van der Waals surface area contributed by atoms with Gasteiger partial charge in [0.15, 0.2) is 0 Å². The van der Waals surface area contributed by atoms with Gasteiger partial charge in [0, 0.05) is 0 Å². The van der Waals surface area contributed by atoms with Crippen molar-refractivity contribution in [2.45, 2.75) is 39.5 Å². The van der Waals surface area contributed by atoms with Crippen molar-refractivity contribution in [1.82, 2.24) is 0 Å². The van der Waals surface area contributed by atoms with Crippen LogP contribution in [0, 0.1) is 5.92 Å². The van der Waals surface area contributed by atoms with Gasteiger partial charge in [0.2, 0.25) is 0 Å². The van der Waals surface area contributed by atoms with Crippen molar-refractivity contribution in [3.05, 3.63) is 42.0 Å². The van der Waals surface area contributed by atoms with Crippen LogP contribution in [0.2, 0.25) is 0 Å². The molecule has 0 aromatic heterocycles. The van der Waals surface area contributed by atoms with Gasteiger partial charge in [-0.15, -0.1) is 0 Å². The van der Waals surface area contributed by atoms with E-state index in [1.807, 2.05) is 50.3 Å². The molecule has 0 spiro atoms. The maximum Gasteiger partial charge on any atom is 0.340 e. The molecule has 1 aromatic rings. The van der Waals surface area contributed by atoms with Crippen LogP contribution in [0.15, 0.2) is 36.4 Å². The summed E-state index contributed by atoms with van der Waals surface area (Å²) in [7, 11) is -3.41. The van der Waals surface area contributed by atoms with Crippen LogP contribution in [0.25, 0.3) is 6.08 Å². The maximum atomic E-state index is 13.0. The van der Waals surface area contributed by atoms with Gasteiger partial charge in [-0.2, -0.15) is 0 Å². The second-order valence-corrected chi connectivity index (χ2v) is 7.56. The molecule has 0 bridgehead atoms. The molecule has 4 nitrogen and oxygen atoms in total. The Kier molecular flexibility index (Phi) is 8.05. The Labute approximate surface area is 133 Å². The minimum Gasteiger partial charge on any atom is -0.392 e. The van der Waals surface area contributed by atoms with E-state index < -0.39 is 19.4 Å². The first-order chi connectivity index (χ1) is 10.4. The van der Waals surface area contributed by atoms with E-state index in [9.17, 15) is 9.67 Å². The summed E-state index contributed by atoms with van der Waals surface area (Å²) < 4.78 is 23.9. The van der Waals surface area contributed by atoms with E-state index in [0.29, 0.717) is 0 Å². The summed E-state index contributed by atoms with van der Waals surface area (Å²) in [5.41, 5.74) is 0.288. The number of hydrogen-bond donors (Lipinski definition) is 1. The largest absolute Gasteiger partial charge is 0.392 e. The molecule has 0 amide bonds. The molecule has 0 radical (unpaired) electrons. The van der Waals surface area contributed by atoms with Gasteiger partial charge < -0.3 is 14.2 Å². The van der Waals surface area contributed by atoms with Crippen molar-refractivity contribution in [2.24, 2.45) is 5.92 Å². The lowest BCUT2D eigenvalue weighted by atomic mass is 10.0. The SMILES string of the molecule is CCOP(=O)(OCC)[C@H](/C=C/c1ccccc1)[C@@H](O)C(C)C. The number of rotatable bonds is 9. The average molecular weight is 326 g/mol. The number of hydrogen-bond acceptors (Lipinski definition) is 4. The minimum atomic E-state index is -3.41. The van der Waals surface area contributed by atoms with E-state index in [1.165, 1.54) is 0 Å². The first-order valence-corrected chi connectivity index (χ1v) is 9.35. The predicted molar refractivity (Wildman–Crippen MR) is 91.0 cm³/mol. The van der Waals surface area contributed by atoms with Crippen molar-refractivity contribution >= 4 is 13.7 Å². The molecule has 0 heterocycles. The van der Waals surface area contributed by atoms with E-state index in [4.69, 9.17) is 9.05 Å². The van der Waals surface area contributed by atoms with E-state index in [0.717, 1.165) is 5.56 Å². The van der Waals surface area contributed by atoms with Crippen molar-refractivity contribution < 1.29 is 18.7 Å². The molecule has 5 heteroatoms. The van der Waals surface area contributed by atoms with Crippen molar-refractivity contribution in [2.75, 3.05) is 13.2 Å². The zero-order valence-corrected chi connectivity index (χ0v) is 14.7. The smallest absolute Gasteiger partial charge is 0.340 e. The van der Waals surface area contributed by atoms with Gasteiger partial charge in [-0.1, -0.05) is 56.3 Å². The summed E-state index contributed by atoms with van der Waals surface area (Å²) in [6.45, 7) is 7.86. The van der Waals surface area contributed by atoms with Crippen molar-refractivity contribution in [1.29, 1.82) is 0 Å². The van der Waals surface area contributed by atoms with Crippen molar-refractivity contribution in [3.8, 4) is 0 Å². The Morgan fingerprint density at radius 3 is 2.14 bits per heavy atom. The second kappa shape index (κ2) is 9.26. The third kappa shape index (κ3) is 5.36. The Hall–Kier alpha value is -0.930. The van der Waals surface area contributed by atoms with E-state index >= 15 is 0 Å². The van der Waals surface area contributed by atoms with Crippen LogP contribution in [-0.4, -0.2) is 30.1 Å². The molecule has 22 heavy (non-hydrogen) atoms. The fourth-order valence-electron chi connectivity index (χ4n) is 2.14. The van der Waals surface area contributed by atoms with Crippen LogP contribution < -0.4 is 0 Å². The summed E-state index contributed by atoms with van der Waals surface area (Å²) in [6.07, 6.45) is 2.79. The van der Waals surface area contributed by atoms with E-state index in [2.05, 4.69) is 0 Å². The number of aliphatic hydroxyl groups excluding tert-OH is 1. The quantitative estimate of drug-likeness (QED) is 0.685. The first kappa shape index (κ1) is 19.1. The van der Waals surface area contributed by atoms with Crippen LogP contribution in [0.3, 0.4) is 0 Å². The number of benzene rings is 1. The van der Waals surface area contributed by atoms with Crippen molar-refractivity contribution in [3.63, 3.8) is 0 Å². The Bertz CT molecular complexity index is 489. The standard InChI is InChI=1S/C17H27O4P/c1-5-20-22(19,21-6-2)16(17(18)14(3)4)13-12-15-10-8-7-9-11-15/h7-14,16-18H,5-6H2,1-4H3/b13-12+/t16-,17+/m1/s1. The molecule has 1 rings (SSSR count). The Balaban J connectivity index is 3.11. The highest BCUT2D eigenvalue weighted by atomic mass is 31.2. The second-order valence-electron chi connectivity index (χ2n) is 5.37. The van der Waals surface area contributed by atoms with E-state index in [-0.39, 0.29) is 19.1 Å². The number of aliphatic hydroxyl groups is 1. The normalized spacial score (nSPS) is 15.4. The van der Waals surface area contributed by atoms with Crippen LogP contribution in [-0.2, 0) is 13.6 Å².